The van der Waals surface area contributed by atoms with Crippen molar-refractivity contribution in [1.29, 1.82) is 0 Å². The SMILES string of the molecule is CNC(=O)c1ccc(NC(=O)c2ccc(-c3ccccc3Cl)o2)cc1. The van der Waals surface area contributed by atoms with E-state index in [1.807, 2.05) is 18.2 Å². The second kappa shape index (κ2) is 7.23. The predicted molar refractivity (Wildman–Crippen MR) is 96.9 cm³/mol. The Labute approximate surface area is 149 Å². The summed E-state index contributed by atoms with van der Waals surface area (Å²) in [7, 11) is 1.56. The molecule has 0 unspecified atom stereocenters. The van der Waals surface area contributed by atoms with Gasteiger partial charge in [0, 0.05) is 23.9 Å². The van der Waals surface area contributed by atoms with Crippen LogP contribution in [-0.2, 0) is 0 Å². The second-order valence-corrected chi connectivity index (χ2v) is 5.66. The van der Waals surface area contributed by atoms with Gasteiger partial charge >= 0.3 is 0 Å². The second-order valence-electron chi connectivity index (χ2n) is 5.25. The molecule has 2 N–H and O–H groups in total. The minimum atomic E-state index is -0.383. The third-order valence-electron chi connectivity index (χ3n) is 3.60. The van der Waals surface area contributed by atoms with Crippen molar-refractivity contribution < 1.29 is 14.0 Å². The summed E-state index contributed by atoms with van der Waals surface area (Å²) >= 11 is 6.14. The summed E-state index contributed by atoms with van der Waals surface area (Å²) in [6.45, 7) is 0. The normalized spacial score (nSPS) is 10.3. The van der Waals surface area contributed by atoms with Gasteiger partial charge in [0.1, 0.15) is 5.76 Å². The van der Waals surface area contributed by atoms with E-state index in [2.05, 4.69) is 10.6 Å². The molecule has 0 saturated heterocycles. The van der Waals surface area contributed by atoms with E-state index in [4.69, 9.17) is 16.0 Å². The molecule has 1 heterocycles. The van der Waals surface area contributed by atoms with Crippen LogP contribution in [0.2, 0.25) is 5.02 Å². The third kappa shape index (κ3) is 3.72. The lowest BCUT2D eigenvalue weighted by molar-refractivity contribution is 0.0962. The first-order chi connectivity index (χ1) is 12.1. The molecular weight excluding hydrogens is 340 g/mol. The molecule has 0 saturated carbocycles. The van der Waals surface area contributed by atoms with Gasteiger partial charge in [-0.25, -0.2) is 0 Å². The third-order valence-corrected chi connectivity index (χ3v) is 3.93. The van der Waals surface area contributed by atoms with Crippen LogP contribution < -0.4 is 10.6 Å². The number of rotatable bonds is 4. The van der Waals surface area contributed by atoms with Crippen LogP contribution in [0.15, 0.2) is 65.1 Å². The fraction of sp³-hybridized carbons (Fsp3) is 0.0526. The first kappa shape index (κ1) is 16.8. The molecule has 0 atom stereocenters. The summed E-state index contributed by atoms with van der Waals surface area (Å²) < 4.78 is 5.60. The molecule has 3 aromatic rings. The Kier molecular flexibility index (Phi) is 4.86. The molecule has 2 aromatic carbocycles. The van der Waals surface area contributed by atoms with Crippen molar-refractivity contribution in [2.45, 2.75) is 0 Å². The molecule has 6 heteroatoms. The highest BCUT2D eigenvalue weighted by Crippen LogP contribution is 2.29. The van der Waals surface area contributed by atoms with Gasteiger partial charge in [0.25, 0.3) is 11.8 Å². The molecule has 0 bridgehead atoms. The fourth-order valence-electron chi connectivity index (χ4n) is 2.31. The van der Waals surface area contributed by atoms with Crippen LogP contribution in [0.5, 0.6) is 0 Å². The van der Waals surface area contributed by atoms with E-state index in [1.165, 1.54) is 0 Å². The standard InChI is InChI=1S/C19H15ClN2O3/c1-21-18(23)12-6-8-13(9-7-12)22-19(24)17-11-10-16(25-17)14-4-2-3-5-15(14)20/h2-11H,1H3,(H,21,23)(H,22,24). The molecule has 3 rings (SSSR count). The molecule has 0 radical (unpaired) electrons. The summed E-state index contributed by atoms with van der Waals surface area (Å²) in [6.07, 6.45) is 0. The minimum Gasteiger partial charge on any atom is -0.451 e. The van der Waals surface area contributed by atoms with E-state index < -0.39 is 0 Å². The number of anilines is 1. The molecule has 126 valence electrons. The Morgan fingerprint density at radius 3 is 2.32 bits per heavy atom. The molecule has 0 aliphatic carbocycles. The molecule has 0 fully saturated rings. The Balaban J connectivity index is 1.74. The number of benzene rings is 2. The van der Waals surface area contributed by atoms with Gasteiger partial charge < -0.3 is 15.1 Å². The maximum absolute atomic E-state index is 12.3. The Morgan fingerprint density at radius 2 is 1.64 bits per heavy atom. The molecule has 1 aromatic heterocycles. The van der Waals surface area contributed by atoms with E-state index in [9.17, 15) is 9.59 Å². The zero-order valence-electron chi connectivity index (χ0n) is 13.4. The highest BCUT2D eigenvalue weighted by molar-refractivity contribution is 6.33. The molecule has 5 nitrogen and oxygen atoms in total. The van der Waals surface area contributed by atoms with Gasteiger partial charge in [-0.15, -0.1) is 0 Å². The molecule has 0 aliphatic heterocycles. The van der Waals surface area contributed by atoms with E-state index in [0.29, 0.717) is 22.0 Å². The van der Waals surface area contributed by atoms with Gasteiger partial charge in [-0.05, 0) is 48.5 Å². The quantitative estimate of drug-likeness (QED) is 0.737. The lowest BCUT2D eigenvalue weighted by atomic mass is 10.2. The average Bonchev–Trinajstić information content (AvgIpc) is 3.12. The zero-order valence-corrected chi connectivity index (χ0v) is 14.1. The van der Waals surface area contributed by atoms with Gasteiger partial charge in [-0.1, -0.05) is 23.7 Å². The zero-order chi connectivity index (χ0) is 17.8. The van der Waals surface area contributed by atoms with E-state index >= 15 is 0 Å². The summed E-state index contributed by atoms with van der Waals surface area (Å²) in [4.78, 5) is 23.8. The monoisotopic (exact) mass is 354 g/mol. The predicted octanol–water partition coefficient (Wildman–Crippen LogP) is 4.21. The van der Waals surface area contributed by atoms with E-state index in [1.54, 1.807) is 49.5 Å². The number of halogens is 1. The largest absolute Gasteiger partial charge is 0.451 e. The number of hydrogen-bond donors (Lipinski definition) is 2. The van der Waals surface area contributed by atoms with E-state index in [0.717, 1.165) is 5.56 Å². The maximum Gasteiger partial charge on any atom is 0.291 e. The topological polar surface area (TPSA) is 71.3 Å². The summed E-state index contributed by atoms with van der Waals surface area (Å²) in [5, 5.41) is 5.81. The fourth-order valence-corrected chi connectivity index (χ4v) is 2.54. The molecule has 0 spiro atoms. The molecular formula is C19H15ClN2O3. The van der Waals surface area contributed by atoms with Crippen molar-refractivity contribution in [3.8, 4) is 11.3 Å². The number of amides is 2. The van der Waals surface area contributed by atoms with Crippen molar-refractivity contribution >= 4 is 29.1 Å². The van der Waals surface area contributed by atoms with Crippen molar-refractivity contribution in [1.82, 2.24) is 5.32 Å². The van der Waals surface area contributed by atoms with Gasteiger partial charge in [0.2, 0.25) is 0 Å². The van der Waals surface area contributed by atoms with Crippen molar-refractivity contribution in [3.05, 3.63) is 77.0 Å². The van der Waals surface area contributed by atoms with Crippen LogP contribution in [0.4, 0.5) is 5.69 Å². The summed E-state index contributed by atoms with van der Waals surface area (Å²) in [5.41, 5.74) is 1.80. The van der Waals surface area contributed by atoms with Gasteiger partial charge in [0.05, 0.1) is 5.02 Å². The first-order valence-electron chi connectivity index (χ1n) is 7.56. The maximum atomic E-state index is 12.3. The number of furan rings is 1. The number of carbonyl (C=O) groups excluding carboxylic acids is 2. The number of nitrogens with one attached hydrogen (secondary N) is 2. The lowest BCUT2D eigenvalue weighted by Gasteiger charge is -2.05. The van der Waals surface area contributed by atoms with Crippen LogP contribution in [0, 0.1) is 0 Å². The highest BCUT2D eigenvalue weighted by atomic mass is 35.5. The van der Waals surface area contributed by atoms with Crippen LogP contribution >= 0.6 is 11.6 Å². The first-order valence-corrected chi connectivity index (χ1v) is 7.94. The molecule has 0 aliphatic rings. The van der Waals surface area contributed by atoms with Crippen LogP contribution in [0.25, 0.3) is 11.3 Å². The Bertz CT molecular complexity index is 916. The minimum absolute atomic E-state index is 0.172. The number of hydrogen-bond acceptors (Lipinski definition) is 3. The van der Waals surface area contributed by atoms with Gasteiger partial charge in [-0.2, -0.15) is 0 Å². The van der Waals surface area contributed by atoms with Crippen LogP contribution in [0.1, 0.15) is 20.9 Å². The molecule has 25 heavy (non-hydrogen) atoms. The summed E-state index contributed by atoms with van der Waals surface area (Å²) in [5.74, 6) is 0.121. The van der Waals surface area contributed by atoms with Gasteiger partial charge in [-0.3, -0.25) is 9.59 Å². The van der Waals surface area contributed by atoms with Crippen LogP contribution in [-0.4, -0.2) is 18.9 Å². The van der Waals surface area contributed by atoms with Crippen molar-refractivity contribution in [2.75, 3.05) is 12.4 Å². The van der Waals surface area contributed by atoms with E-state index in [-0.39, 0.29) is 17.6 Å². The lowest BCUT2D eigenvalue weighted by Crippen LogP contribution is -2.17. The van der Waals surface area contributed by atoms with Crippen molar-refractivity contribution in [3.63, 3.8) is 0 Å². The Hall–Kier alpha value is -3.05. The van der Waals surface area contributed by atoms with Gasteiger partial charge in [0.15, 0.2) is 5.76 Å². The number of carbonyl (C=O) groups is 2. The Morgan fingerprint density at radius 1 is 0.920 bits per heavy atom. The van der Waals surface area contributed by atoms with Crippen LogP contribution in [0.3, 0.4) is 0 Å². The average molecular weight is 355 g/mol. The molecule has 2 amide bonds. The smallest absolute Gasteiger partial charge is 0.291 e. The highest BCUT2D eigenvalue weighted by Gasteiger charge is 2.14. The summed E-state index contributed by atoms with van der Waals surface area (Å²) in [6, 6.07) is 17.1. The van der Waals surface area contributed by atoms with Crippen molar-refractivity contribution in [2.24, 2.45) is 0 Å².